The van der Waals surface area contributed by atoms with Crippen LogP contribution in [0.25, 0.3) is 11.2 Å². The summed E-state index contributed by atoms with van der Waals surface area (Å²) in [5.74, 6) is -0.563. The summed E-state index contributed by atoms with van der Waals surface area (Å²) in [6.45, 7) is -1.67. The number of halogens is 7. The zero-order valence-electron chi connectivity index (χ0n) is 14.8. The molecule has 0 aromatic carbocycles. The van der Waals surface area contributed by atoms with Gasteiger partial charge in [0.15, 0.2) is 23.1 Å². The van der Waals surface area contributed by atoms with E-state index in [0.29, 0.717) is 4.57 Å². The third-order valence-corrected chi connectivity index (χ3v) is 4.26. The second-order valence-electron chi connectivity index (χ2n) is 6.34. The molecule has 1 saturated heterocycles. The van der Waals surface area contributed by atoms with Crippen LogP contribution < -0.4 is 16.0 Å². The van der Waals surface area contributed by atoms with Gasteiger partial charge in [-0.25, -0.2) is 9.37 Å². The minimum absolute atomic E-state index is 0. The summed E-state index contributed by atoms with van der Waals surface area (Å²) >= 11 is 0. The summed E-state index contributed by atoms with van der Waals surface area (Å²) in [5.41, 5.74) is -0.445. The fraction of sp³-hybridized carbons (Fsp3) is 0.643. The van der Waals surface area contributed by atoms with E-state index in [1.54, 1.807) is 0 Å². The van der Waals surface area contributed by atoms with Gasteiger partial charge in [-0.1, -0.05) is 0 Å². The van der Waals surface area contributed by atoms with E-state index in [-0.39, 0.29) is 42.5 Å². The Morgan fingerprint density at radius 3 is 2.52 bits per heavy atom. The maximum absolute atomic E-state index is 13.9. The van der Waals surface area contributed by atoms with Crippen LogP contribution in [0.4, 0.5) is 38.1 Å². The molecule has 0 saturated carbocycles. The number of nitrogens with one attached hydrogen (secondary N) is 3. The molecule has 1 aliphatic rings. The van der Waals surface area contributed by atoms with Crippen molar-refractivity contribution in [3.63, 3.8) is 0 Å². The van der Waals surface area contributed by atoms with Crippen LogP contribution in [0.2, 0.25) is 0 Å². The lowest BCUT2D eigenvalue weighted by atomic mass is 10.2. The van der Waals surface area contributed by atoms with E-state index >= 15 is 0 Å². The Hall–Kier alpha value is -2.06. The summed E-state index contributed by atoms with van der Waals surface area (Å²) < 4.78 is 78.6. The maximum Gasteiger partial charge on any atom is 0.416 e. The molecule has 29 heavy (non-hydrogen) atoms. The molecular weight excluding hydrogens is 432 g/mol. The molecule has 0 spiro atoms. The average molecular weight is 450 g/mol. The molecule has 0 unspecified atom stereocenters. The SMILES string of the molecule is C[C@H](Nc1nc(N[C@@H]2CNC[C@H]2F)c2ncn(C(F)F)c2n1)[C@@H](O)C(F)(F)F.Cl. The number of fused-ring (bicyclic) bond motifs is 1. The Balaban J connectivity index is 0.00000300. The van der Waals surface area contributed by atoms with Crippen LogP contribution in [0.15, 0.2) is 6.33 Å². The highest BCUT2D eigenvalue weighted by atomic mass is 35.5. The molecule has 164 valence electrons. The van der Waals surface area contributed by atoms with E-state index < -0.39 is 43.0 Å². The number of aromatic nitrogens is 4. The zero-order valence-corrected chi connectivity index (χ0v) is 15.6. The quantitative estimate of drug-likeness (QED) is 0.501. The van der Waals surface area contributed by atoms with Gasteiger partial charge in [0.1, 0.15) is 12.5 Å². The van der Waals surface area contributed by atoms with Crippen molar-refractivity contribution in [2.24, 2.45) is 0 Å². The third kappa shape index (κ3) is 4.93. The molecule has 1 fully saturated rings. The van der Waals surface area contributed by atoms with Crippen molar-refractivity contribution in [1.29, 1.82) is 0 Å². The minimum atomic E-state index is -4.90. The van der Waals surface area contributed by atoms with Crippen LogP contribution in [-0.2, 0) is 0 Å². The average Bonchev–Trinajstić information content (AvgIpc) is 3.20. The van der Waals surface area contributed by atoms with Gasteiger partial charge in [-0.2, -0.15) is 31.9 Å². The Morgan fingerprint density at radius 1 is 1.28 bits per heavy atom. The van der Waals surface area contributed by atoms with Crippen LogP contribution in [0, 0.1) is 0 Å². The number of nitrogens with zero attached hydrogens (tertiary/aromatic N) is 4. The maximum atomic E-state index is 13.9. The smallest absolute Gasteiger partial charge is 0.382 e. The Bertz CT molecular complexity index is 835. The Morgan fingerprint density at radius 2 is 1.97 bits per heavy atom. The van der Waals surface area contributed by atoms with Gasteiger partial charge in [-0.15, -0.1) is 12.4 Å². The molecule has 0 amide bonds. The summed E-state index contributed by atoms with van der Waals surface area (Å²) in [6.07, 6.45) is -8.13. The van der Waals surface area contributed by atoms with Gasteiger partial charge < -0.3 is 21.1 Å². The van der Waals surface area contributed by atoms with Crippen LogP contribution >= 0.6 is 12.4 Å². The number of imidazole rings is 1. The number of alkyl halides is 6. The number of rotatable bonds is 6. The van der Waals surface area contributed by atoms with E-state index in [4.69, 9.17) is 0 Å². The fourth-order valence-electron chi connectivity index (χ4n) is 2.75. The number of aliphatic hydroxyl groups excluding tert-OH is 1. The molecule has 3 heterocycles. The number of anilines is 2. The second kappa shape index (κ2) is 8.75. The van der Waals surface area contributed by atoms with E-state index in [2.05, 4.69) is 30.9 Å². The molecule has 15 heteroatoms. The normalized spacial score (nSPS) is 21.8. The van der Waals surface area contributed by atoms with Crippen molar-refractivity contribution >= 4 is 35.3 Å². The van der Waals surface area contributed by atoms with Gasteiger partial charge in [0, 0.05) is 13.1 Å². The van der Waals surface area contributed by atoms with Crippen LogP contribution in [0.1, 0.15) is 13.5 Å². The molecule has 0 aliphatic carbocycles. The van der Waals surface area contributed by atoms with Crippen molar-refractivity contribution in [3.8, 4) is 0 Å². The molecule has 4 N–H and O–H groups in total. The molecule has 0 bridgehead atoms. The lowest BCUT2D eigenvalue weighted by Gasteiger charge is -2.23. The molecule has 2 aromatic heterocycles. The monoisotopic (exact) mass is 449 g/mol. The number of hydrogen-bond acceptors (Lipinski definition) is 7. The van der Waals surface area contributed by atoms with Crippen molar-refractivity contribution < 1.29 is 31.4 Å². The first-order valence-corrected chi connectivity index (χ1v) is 8.23. The highest BCUT2D eigenvalue weighted by molar-refractivity contribution is 5.85. The van der Waals surface area contributed by atoms with Gasteiger partial charge in [0.25, 0.3) is 0 Å². The van der Waals surface area contributed by atoms with E-state index in [1.807, 2.05) is 0 Å². The van der Waals surface area contributed by atoms with Gasteiger partial charge >= 0.3 is 12.7 Å². The van der Waals surface area contributed by atoms with Crippen molar-refractivity contribution in [3.05, 3.63) is 6.33 Å². The predicted molar refractivity (Wildman–Crippen MR) is 94.1 cm³/mol. The standard InChI is InChI=1S/C14H17F6N7O.ClH/c1-5(9(28)14(18,19)20)23-13-25-10(24-7-3-21-2-6(7)15)8-11(26-13)27(4-22-8)12(16)17;/h4-7,9,12,21,28H,2-3H2,1H3,(H2,23,24,25,26);1H/t5-,6+,7+,9+;/m0./s1. The van der Waals surface area contributed by atoms with Gasteiger partial charge in [0.05, 0.1) is 12.1 Å². The van der Waals surface area contributed by atoms with Crippen molar-refractivity contribution in [2.75, 3.05) is 23.7 Å². The molecule has 1 aliphatic heterocycles. The minimum Gasteiger partial charge on any atom is -0.382 e. The van der Waals surface area contributed by atoms with E-state index in [0.717, 1.165) is 13.3 Å². The summed E-state index contributed by atoms with van der Waals surface area (Å²) in [7, 11) is 0. The number of aliphatic hydroxyl groups is 1. The lowest BCUT2D eigenvalue weighted by Crippen LogP contribution is -2.42. The fourth-order valence-corrected chi connectivity index (χ4v) is 2.75. The third-order valence-electron chi connectivity index (χ3n) is 4.26. The molecule has 3 rings (SSSR count). The first-order valence-electron chi connectivity index (χ1n) is 8.23. The van der Waals surface area contributed by atoms with Crippen LogP contribution in [0.3, 0.4) is 0 Å². The summed E-state index contributed by atoms with van der Waals surface area (Å²) in [5, 5.41) is 17.1. The second-order valence-corrected chi connectivity index (χ2v) is 6.34. The highest BCUT2D eigenvalue weighted by Crippen LogP contribution is 2.28. The van der Waals surface area contributed by atoms with Gasteiger partial charge in [0.2, 0.25) is 5.95 Å². The van der Waals surface area contributed by atoms with Gasteiger partial charge in [-0.3, -0.25) is 4.57 Å². The topological polar surface area (TPSA) is 99.9 Å². The van der Waals surface area contributed by atoms with Crippen molar-refractivity contribution in [2.45, 2.75) is 44.0 Å². The van der Waals surface area contributed by atoms with Gasteiger partial charge in [-0.05, 0) is 6.92 Å². The van der Waals surface area contributed by atoms with E-state index in [1.165, 1.54) is 0 Å². The summed E-state index contributed by atoms with van der Waals surface area (Å²) in [4.78, 5) is 11.5. The first kappa shape index (κ1) is 23.2. The van der Waals surface area contributed by atoms with E-state index in [9.17, 15) is 31.4 Å². The van der Waals surface area contributed by atoms with Crippen molar-refractivity contribution in [1.82, 2.24) is 24.8 Å². The molecule has 4 atom stereocenters. The molecular formula is C14H18ClF6N7O. The zero-order chi connectivity index (χ0) is 20.6. The largest absolute Gasteiger partial charge is 0.416 e. The first-order chi connectivity index (χ1) is 13.1. The van der Waals surface area contributed by atoms with Crippen LogP contribution in [-0.4, -0.2) is 68.3 Å². The molecule has 8 nitrogen and oxygen atoms in total. The number of hydrogen-bond donors (Lipinski definition) is 4. The predicted octanol–water partition coefficient (Wildman–Crippen LogP) is 2.09. The molecule has 0 radical (unpaired) electrons. The van der Waals surface area contributed by atoms with Crippen LogP contribution in [0.5, 0.6) is 0 Å². The summed E-state index contributed by atoms with van der Waals surface area (Å²) in [6, 6.07) is -2.31. The molecule has 2 aromatic rings. The Labute approximate surface area is 166 Å². The highest BCUT2D eigenvalue weighted by Gasteiger charge is 2.42. The lowest BCUT2D eigenvalue weighted by molar-refractivity contribution is -0.206. The Kier molecular flexibility index (Phi) is 7.01.